The minimum atomic E-state index is -0.706. The highest BCUT2D eigenvalue weighted by atomic mass is 16.5. The van der Waals surface area contributed by atoms with Gasteiger partial charge in [0.25, 0.3) is 0 Å². The highest BCUT2D eigenvalue weighted by molar-refractivity contribution is 5.67. The van der Waals surface area contributed by atoms with Crippen molar-refractivity contribution in [2.45, 2.75) is 26.3 Å². The summed E-state index contributed by atoms with van der Waals surface area (Å²) in [5, 5.41) is 12.5. The second kappa shape index (κ2) is 4.65. The van der Waals surface area contributed by atoms with E-state index >= 15 is 0 Å². The number of hydrogen-bond acceptors (Lipinski definition) is 4. The number of nitrogens with zero attached hydrogens (tertiary/aromatic N) is 2. The standard InChI is InChI=1S/C11H16N2O3/c1-8-4-10(16-12-8)7-13-3-2-9(6-13)5-11(14)15/h4,9H,2-3,5-7H2,1H3,(H,14,15). The number of aliphatic carboxylic acids is 1. The number of carboxylic acid groups (broad SMARTS) is 1. The molecule has 0 amide bonds. The zero-order valence-electron chi connectivity index (χ0n) is 9.35. The van der Waals surface area contributed by atoms with Crippen molar-refractivity contribution in [1.29, 1.82) is 0 Å². The molecule has 0 radical (unpaired) electrons. The van der Waals surface area contributed by atoms with Gasteiger partial charge in [-0.1, -0.05) is 5.16 Å². The van der Waals surface area contributed by atoms with Gasteiger partial charge >= 0.3 is 5.97 Å². The summed E-state index contributed by atoms with van der Waals surface area (Å²) < 4.78 is 5.13. The molecule has 0 spiro atoms. The molecule has 1 fully saturated rings. The van der Waals surface area contributed by atoms with Crippen molar-refractivity contribution in [3.8, 4) is 0 Å². The predicted molar refractivity (Wildman–Crippen MR) is 56.9 cm³/mol. The van der Waals surface area contributed by atoms with Crippen LogP contribution in [0.25, 0.3) is 0 Å². The Balaban J connectivity index is 1.82. The fourth-order valence-corrected chi connectivity index (χ4v) is 2.18. The summed E-state index contributed by atoms with van der Waals surface area (Å²) in [7, 11) is 0. The first-order chi connectivity index (χ1) is 7.63. The van der Waals surface area contributed by atoms with Gasteiger partial charge in [-0.15, -0.1) is 0 Å². The average Bonchev–Trinajstić information content (AvgIpc) is 2.76. The summed E-state index contributed by atoms with van der Waals surface area (Å²) >= 11 is 0. The molecule has 0 aliphatic carbocycles. The highest BCUT2D eigenvalue weighted by Crippen LogP contribution is 2.21. The van der Waals surface area contributed by atoms with Crippen LogP contribution in [-0.4, -0.2) is 34.2 Å². The second-order valence-electron chi connectivity index (χ2n) is 4.42. The van der Waals surface area contributed by atoms with E-state index in [1.165, 1.54) is 0 Å². The first-order valence-corrected chi connectivity index (χ1v) is 5.50. The van der Waals surface area contributed by atoms with E-state index in [1.54, 1.807) is 0 Å². The lowest BCUT2D eigenvalue weighted by molar-refractivity contribution is -0.138. The maximum atomic E-state index is 10.6. The van der Waals surface area contributed by atoms with E-state index in [-0.39, 0.29) is 12.3 Å². The molecule has 1 aromatic rings. The average molecular weight is 224 g/mol. The maximum Gasteiger partial charge on any atom is 0.303 e. The summed E-state index contributed by atoms with van der Waals surface area (Å²) in [6, 6.07) is 1.92. The number of likely N-dealkylation sites (tertiary alicyclic amines) is 1. The summed E-state index contributed by atoms with van der Waals surface area (Å²) in [5.41, 5.74) is 0.885. The topological polar surface area (TPSA) is 66.6 Å². The van der Waals surface area contributed by atoms with Gasteiger partial charge in [0.15, 0.2) is 5.76 Å². The van der Waals surface area contributed by atoms with Crippen LogP contribution in [0.2, 0.25) is 0 Å². The van der Waals surface area contributed by atoms with Gasteiger partial charge in [0.05, 0.1) is 12.2 Å². The van der Waals surface area contributed by atoms with E-state index in [0.717, 1.165) is 37.5 Å². The van der Waals surface area contributed by atoms with Gasteiger partial charge in [0, 0.05) is 19.0 Å². The Hall–Kier alpha value is -1.36. The lowest BCUT2D eigenvalue weighted by Gasteiger charge is -2.12. The van der Waals surface area contributed by atoms with Crippen LogP contribution in [0.1, 0.15) is 24.3 Å². The van der Waals surface area contributed by atoms with Crippen molar-refractivity contribution in [2.24, 2.45) is 5.92 Å². The number of carbonyl (C=O) groups is 1. The van der Waals surface area contributed by atoms with Gasteiger partial charge in [0.2, 0.25) is 0 Å². The molecule has 0 bridgehead atoms. The molecule has 1 aliphatic heterocycles. The molecule has 1 atom stereocenters. The van der Waals surface area contributed by atoms with Crippen LogP contribution in [-0.2, 0) is 11.3 Å². The van der Waals surface area contributed by atoms with E-state index in [2.05, 4.69) is 10.1 Å². The van der Waals surface area contributed by atoms with E-state index in [9.17, 15) is 4.79 Å². The van der Waals surface area contributed by atoms with E-state index in [0.29, 0.717) is 0 Å². The molecule has 5 nitrogen and oxygen atoms in total. The molecule has 1 aliphatic rings. The van der Waals surface area contributed by atoms with Crippen LogP contribution in [0, 0.1) is 12.8 Å². The normalized spacial score (nSPS) is 21.4. The summed E-state index contributed by atoms with van der Waals surface area (Å²) in [4.78, 5) is 12.8. The molecular formula is C11H16N2O3. The molecule has 1 aromatic heterocycles. The monoisotopic (exact) mass is 224 g/mol. The molecule has 16 heavy (non-hydrogen) atoms. The molecular weight excluding hydrogens is 208 g/mol. The third kappa shape index (κ3) is 2.82. The number of hydrogen-bond donors (Lipinski definition) is 1. The zero-order chi connectivity index (χ0) is 11.5. The lowest BCUT2D eigenvalue weighted by Crippen LogP contribution is -2.20. The lowest BCUT2D eigenvalue weighted by atomic mass is 10.1. The van der Waals surface area contributed by atoms with Crippen LogP contribution in [0.3, 0.4) is 0 Å². The van der Waals surface area contributed by atoms with Gasteiger partial charge in [-0.05, 0) is 25.8 Å². The molecule has 1 N–H and O–H groups in total. The number of aryl methyl sites for hydroxylation is 1. The SMILES string of the molecule is Cc1cc(CN2CCC(CC(=O)O)C2)on1. The quantitative estimate of drug-likeness (QED) is 0.834. The van der Waals surface area contributed by atoms with Gasteiger partial charge in [-0.25, -0.2) is 0 Å². The Morgan fingerprint density at radius 3 is 3.19 bits per heavy atom. The van der Waals surface area contributed by atoms with Crippen LogP contribution < -0.4 is 0 Å². The molecule has 88 valence electrons. The first kappa shape index (κ1) is 11.1. The second-order valence-corrected chi connectivity index (χ2v) is 4.42. The van der Waals surface area contributed by atoms with E-state index < -0.39 is 5.97 Å². The van der Waals surface area contributed by atoms with Crippen molar-refractivity contribution < 1.29 is 14.4 Å². The highest BCUT2D eigenvalue weighted by Gasteiger charge is 2.25. The third-order valence-corrected chi connectivity index (χ3v) is 2.89. The predicted octanol–water partition coefficient (Wildman–Crippen LogP) is 1.28. The zero-order valence-corrected chi connectivity index (χ0v) is 9.35. The fourth-order valence-electron chi connectivity index (χ4n) is 2.18. The largest absolute Gasteiger partial charge is 0.481 e. The molecule has 5 heteroatoms. The maximum absolute atomic E-state index is 10.6. The van der Waals surface area contributed by atoms with E-state index in [1.807, 2.05) is 13.0 Å². The van der Waals surface area contributed by atoms with Crippen LogP contribution in [0.15, 0.2) is 10.6 Å². The van der Waals surface area contributed by atoms with Crippen molar-refractivity contribution in [3.63, 3.8) is 0 Å². The smallest absolute Gasteiger partial charge is 0.303 e. The van der Waals surface area contributed by atoms with E-state index in [4.69, 9.17) is 9.63 Å². The van der Waals surface area contributed by atoms with Crippen LogP contribution in [0.5, 0.6) is 0 Å². The molecule has 1 saturated heterocycles. The molecule has 0 saturated carbocycles. The van der Waals surface area contributed by atoms with Gasteiger partial charge in [0.1, 0.15) is 0 Å². The summed E-state index contributed by atoms with van der Waals surface area (Å²) in [6.45, 7) is 4.41. The Labute approximate surface area is 94.0 Å². The molecule has 2 rings (SSSR count). The Morgan fingerprint density at radius 1 is 1.75 bits per heavy atom. The van der Waals surface area contributed by atoms with Crippen molar-refractivity contribution in [1.82, 2.24) is 10.1 Å². The van der Waals surface area contributed by atoms with Crippen molar-refractivity contribution in [3.05, 3.63) is 17.5 Å². The summed E-state index contributed by atoms with van der Waals surface area (Å²) in [5.74, 6) is 0.428. The Morgan fingerprint density at radius 2 is 2.56 bits per heavy atom. The molecule has 2 heterocycles. The minimum absolute atomic E-state index is 0.270. The van der Waals surface area contributed by atoms with Crippen LogP contribution in [0.4, 0.5) is 0 Å². The fraction of sp³-hybridized carbons (Fsp3) is 0.636. The van der Waals surface area contributed by atoms with Crippen LogP contribution >= 0.6 is 0 Å². The van der Waals surface area contributed by atoms with Gasteiger partial charge in [-0.2, -0.15) is 0 Å². The van der Waals surface area contributed by atoms with Crippen molar-refractivity contribution >= 4 is 5.97 Å². The third-order valence-electron chi connectivity index (χ3n) is 2.89. The summed E-state index contributed by atoms with van der Waals surface area (Å²) in [6.07, 6.45) is 1.23. The minimum Gasteiger partial charge on any atom is -0.481 e. The van der Waals surface area contributed by atoms with Gasteiger partial charge < -0.3 is 9.63 Å². The first-order valence-electron chi connectivity index (χ1n) is 5.50. The number of carboxylic acids is 1. The van der Waals surface area contributed by atoms with Crippen molar-refractivity contribution in [2.75, 3.05) is 13.1 Å². The number of rotatable bonds is 4. The Kier molecular flexibility index (Phi) is 3.24. The molecule has 1 unspecified atom stereocenters. The number of aromatic nitrogens is 1. The Bertz CT molecular complexity index is 375. The van der Waals surface area contributed by atoms with Gasteiger partial charge in [-0.3, -0.25) is 9.69 Å². The molecule has 0 aromatic carbocycles.